The molecule has 0 bridgehead atoms. The van der Waals surface area contributed by atoms with Crippen molar-refractivity contribution in [2.45, 2.75) is 52.5 Å². The lowest BCUT2D eigenvalue weighted by Crippen LogP contribution is -2.25. The van der Waals surface area contributed by atoms with Crippen molar-refractivity contribution in [3.63, 3.8) is 0 Å². The average molecular weight is 261 g/mol. The molecule has 0 saturated carbocycles. The molecule has 1 aromatic heterocycles. The lowest BCUT2D eigenvalue weighted by atomic mass is 9.85. The highest BCUT2D eigenvalue weighted by Crippen LogP contribution is 2.31. The lowest BCUT2D eigenvalue weighted by Gasteiger charge is -2.25. The van der Waals surface area contributed by atoms with Crippen LogP contribution in [0, 0.1) is 5.41 Å². The van der Waals surface area contributed by atoms with Crippen LogP contribution in [0.5, 0.6) is 0 Å². The third-order valence-electron chi connectivity index (χ3n) is 4.30. The molecule has 3 heteroatoms. The van der Waals surface area contributed by atoms with E-state index in [4.69, 9.17) is 5.73 Å². The zero-order valence-electron chi connectivity index (χ0n) is 12.5. The Hall–Kier alpha value is -1.09. The van der Waals surface area contributed by atoms with Gasteiger partial charge in [-0.25, -0.2) is 0 Å². The summed E-state index contributed by atoms with van der Waals surface area (Å²) < 4.78 is 0. The quantitative estimate of drug-likeness (QED) is 0.905. The smallest absolute Gasteiger partial charge is 0.0572 e. The monoisotopic (exact) mass is 261 g/mol. The van der Waals surface area contributed by atoms with Crippen molar-refractivity contribution in [3.8, 4) is 0 Å². The second kappa shape index (κ2) is 5.91. The summed E-state index contributed by atoms with van der Waals surface area (Å²) in [4.78, 5) is 6.99. The third-order valence-corrected chi connectivity index (χ3v) is 4.30. The normalized spacial score (nSPS) is 20.9. The molecule has 1 saturated heterocycles. The molecule has 1 fully saturated rings. The summed E-state index contributed by atoms with van der Waals surface area (Å²) in [7, 11) is 0. The van der Waals surface area contributed by atoms with Gasteiger partial charge in [-0.1, -0.05) is 20.8 Å². The van der Waals surface area contributed by atoms with Crippen LogP contribution in [0.3, 0.4) is 0 Å². The van der Waals surface area contributed by atoms with E-state index in [1.165, 1.54) is 24.9 Å². The van der Waals surface area contributed by atoms with Crippen LogP contribution in [0.4, 0.5) is 5.69 Å². The maximum atomic E-state index is 6.01. The van der Waals surface area contributed by atoms with E-state index in [1.54, 1.807) is 0 Å². The van der Waals surface area contributed by atoms with Gasteiger partial charge in [0.15, 0.2) is 0 Å². The molecule has 0 amide bonds. The van der Waals surface area contributed by atoms with Gasteiger partial charge in [0.2, 0.25) is 0 Å². The molecule has 0 spiro atoms. The van der Waals surface area contributed by atoms with Gasteiger partial charge >= 0.3 is 0 Å². The maximum absolute atomic E-state index is 6.01. The van der Waals surface area contributed by atoms with Crippen LogP contribution < -0.4 is 10.6 Å². The van der Waals surface area contributed by atoms with Crippen molar-refractivity contribution < 1.29 is 0 Å². The van der Waals surface area contributed by atoms with E-state index in [-0.39, 0.29) is 6.04 Å². The van der Waals surface area contributed by atoms with Crippen molar-refractivity contribution in [2.75, 3.05) is 18.0 Å². The molecule has 0 aliphatic carbocycles. The molecule has 1 aliphatic rings. The fourth-order valence-electron chi connectivity index (χ4n) is 2.69. The van der Waals surface area contributed by atoms with E-state index < -0.39 is 0 Å². The van der Waals surface area contributed by atoms with E-state index in [9.17, 15) is 0 Å². The molecule has 1 aromatic rings. The van der Waals surface area contributed by atoms with Crippen molar-refractivity contribution in [1.82, 2.24) is 4.98 Å². The fraction of sp³-hybridized carbons (Fsp3) is 0.688. The Bertz CT molecular complexity index is 397. The topological polar surface area (TPSA) is 42.1 Å². The molecule has 0 aromatic carbocycles. The number of aromatic nitrogens is 1. The van der Waals surface area contributed by atoms with Crippen molar-refractivity contribution in [1.29, 1.82) is 0 Å². The number of pyridine rings is 1. The van der Waals surface area contributed by atoms with Crippen LogP contribution in [0.2, 0.25) is 0 Å². The van der Waals surface area contributed by atoms with E-state index in [2.05, 4.69) is 42.8 Å². The highest BCUT2D eigenvalue weighted by molar-refractivity contribution is 5.45. The number of hydrogen-bond donors (Lipinski definition) is 1. The second-order valence-corrected chi connectivity index (χ2v) is 6.46. The molecule has 2 heterocycles. The average Bonchev–Trinajstić information content (AvgIpc) is 2.59. The summed E-state index contributed by atoms with van der Waals surface area (Å²) in [5, 5.41) is 0. The standard InChI is InChI=1S/C16H27N3/c1-4-14(17)15-7-6-13(12-18-15)19-10-5-8-16(2,3)9-11-19/h6-7,12,14H,4-5,8-11,17H2,1-3H3. The maximum Gasteiger partial charge on any atom is 0.0572 e. The van der Waals surface area contributed by atoms with Crippen LogP contribution in [0.25, 0.3) is 0 Å². The van der Waals surface area contributed by atoms with Crippen molar-refractivity contribution >= 4 is 5.69 Å². The van der Waals surface area contributed by atoms with E-state index in [0.717, 1.165) is 25.2 Å². The van der Waals surface area contributed by atoms with Crippen molar-refractivity contribution in [2.24, 2.45) is 11.1 Å². The predicted molar refractivity (Wildman–Crippen MR) is 81.3 cm³/mol. The Balaban J connectivity index is 2.05. The predicted octanol–water partition coefficient (Wildman–Crippen LogP) is 3.51. The van der Waals surface area contributed by atoms with Gasteiger partial charge in [-0.15, -0.1) is 0 Å². The Kier molecular flexibility index (Phi) is 4.46. The molecule has 1 unspecified atom stereocenters. The van der Waals surface area contributed by atoms with Gasteiger partial charge in [0, 0.05) is 19.1 Å². The summed E-state index contributed by atoms with van der Waals surface area (Å²) in [6.45, 7) is 9.12. The van der Waals surface area contributed by atoms with Gasteiger partial charge in [-0.05, 0) is 43.2 Å². The summed E-state index contributed by atoms with van der Waals surface area (Å²) in [6.07, 6.45) is 6.76. The Morgan fingerprint density at radius 1 is 1.32 bits per heavy atom. The van der Waals surface area contributed by atoms with Gasteiger partial charge in [0.05, 0.1) is 17.6 Å². The molecular weight excluding hydrogens is 234 g/mol. The molecule has 2 rings (SSSR count). The molecule has 0 radical (unpaired) electrons. The summed E-state index contributed by atoms with van der Waals surface area (Å²) in [5.74, 6) is 0. The summed E-state index contributed by atoms with van der Waals surface area (Å²) in [5.41, 5.74) is 8.73. The summed E-state index contributed by atoms with van der Waals surface area (Å²) in [6, 6.07) is 4.33. The lowest BCUT2D eigenvalue weighted by molar-refractivity contribution is 0.325. The minimum absolute atomic E-state index is 0.0668. The first-order valence-electron chi connectivity index (χ1n) is 7.48. The van der Waals surface area contributed by atoms with Gasteiger partial charge in [0.25, 0.3) is 0 Å². The van der Waals surface area contributed by atoms with Crippen LogP contribution in [0.1, 0.15) is 58.2 Å². The molecule has 19 heavy (non-hydrogen) atoms. The molecule has 1 aliphatic heterocycles. The Labute approximate surface area is 117 Å². The zero-order chi connectivity index (χ0) is 13.9. The van der Waals surface area contributed by atoms with E-state index in [0.29, 0.717) is 5.41 Å². The van der Waals surface area contributed by atoms with Gasteiger partial charge in [-0.2, -0.15) is 0 Å². The molecular formula is C16H27N3. The SMILES string of the molecule is CCC(N)c1ccc(N2CCCC(C)(C)CC2)cn1. The Morgan fingerprint density at radius 2 is 2.11 bits per heavy atom. The largest absolute Gasteiger partial charge is 0.370 e. The number of anilines is 1. The first-order chi connectivity index (χ1) is 9.02. The minimum atomic E-state index is 0.0668. The van der Waals surface area contributed by atoms with Crippen LogP contribution in [0.15, 0.2) is 18.3 Å². The number of nitrogens with zero attached hydrogens (tertiary/aromatic N) is 2. The zero-order valence-corrected chi connectivity index (χ0v) is 12.5. The van der Waals surface area contributed by atoms with Crippen molar-refractivity contribution in [3.05, 3.63) is 24.0 Å². The van der Waals surface area contributed by atoms with Crippen LogP contribution >= 0.6 is 0 Å². The van der Waals surface area contributed by atoms with Crippen LogP contribution in [-0.4, -0.2) is 18.1 Å². The number of hydrogen-bond acceptors (Lipinski definition) is 3. The van der Waals surface area contributed by atoms with Gasteiger partial charge < -0.3 is 10.6 Å². The van der Waals surface area contributed by atoms with Crippen LogP contribution in [-0.2, 0) is 0 Å². The highest BCUT2D eigenvalue weighted by atomic mass is 15.1. The molecule has 2 N–H and O–H groups in total. The first kappa shape index (κ1) is 14.3. The van der Waals surface area contributed by atoms with E-state index >= 15 is 0 Å². The second-order valence-electron chi connectivity index (χ2n) is 6.46. The Morgan fingerprint density at radius 3 is 2.74 bits per heavy atom. The van der Waals surface area contributed by atoms with Gasteiger partial charge in [-0.3, -0.25) is 4.98 Å². The van der Waals surface area contributed by atoms with E-state index in [1.807, 2.05) is 6.20 Å². The molecule has 106 valence electrons. The molecule has 1 atom stereocenters. The fourth-order valence-corrected chi connectivity index (χ4v) is 2.69. The third kappa shape index (κ3) is 3.69. The summed E-state index contributed by atoms with van der Waals surface area (Å²) >= 11 is 0. The van der Waals surface area contributed by atoms with Gasteiger partial charge in [0.1, 0.15) is 0 Å². The first-order valence-corrected chi connectivity index (χ1v) is 7.48. The molecule has 3 nitrogen and oxygen atoms in total. The highest BCUT2D eigenvalue weighted by Gasteiger charge is 2.23. The minimum Gasteiger partial charge on any atom is -0.370 e. The number of nitrogens with two attached hydrogens (primary N) is 1. The number of rotatable bonds is 3.